The van der Waals surface area contributed by atoms with Gasteiger partial charge in [0.2, 0.25) is 0 Å². The molecule has 0 amide bonds. The van der Waals surface area contributed by atoms with Crippen LogP contribution in [0.25, 0.3) is 0 Å². The van der Waals surface area contributed by atoms with Gasteiger partial charge in [-0.25, -0.2) is 13.4 Å². The van der Waals surface area contributed by atoms with Crippen molar-refractivity contribution in [3.63, 3.8) is 0 Å². The first-order chi connectivity index (χ1) is 14.3. The number of aromatic nitrogens is 2. The van der Waals surface area contributed by atoms with Crippen molar-refractivity contribution in [2.24, 2.45) is 0 Å². The fourth-order valence-corrected chi connectivity index (χ4v) is 4.18. The topological polar surface area (TPSA) is 147 Å². The van der Waals surface area contributed by atoms with Gasteiger partial charge in [-0.1, -0.05) is 24.3 Å². The number of hydrogen-bond donors (Lipinski definition) is 2. The third-order valence-corrected chi connectivity index (χ3v) is 5.81. The number of imidazole rings is 1. The van der Waals surface area contributed by atoms with Crippen molar-refractivity contribution in [1.82, 2.24) is 9.55 Å². The predicted molar refractivity (Wildman–Crippen MR) is 107 cm³/mol. The van der Waals surface area contributed by atoms with Crippen LogP contribution in [0.3, 0.4) is 0 Å². The van der Waals surface area contributed by atoms with Crippen molar-refractivity contribution in [2.75, 3.05) is 17.6 Å². The molecule has 1 aromatic heterocycles. The maximum absolute atomic E-state index is 13.1. The molecule has 2 aromatic carbocycles. The molecule has 1 aliphatic carbocycles. The first-order valence-electron chi connectivity index (χ1n) is 9.09. The SMILES string of the molecule is Nc1c(S(=O)(=O)[O-])cc(NCCCn2ccnc2)c2c1C(=O)c1ccccc1C2=O.[Na+]. The summed E-state index contributed by atoms with van der Waals surface area (Å²) < 4.78 is 37.1. The average molecular weight is 448 g/mol. The zero-order valence-corrected chi connectivity index (χ0v) is 19.5. The van der Waals surface area contributed by atoms with Crippen molar-refractivity contribution in [2.45, 2.75) is 17.9 Å². The molecule has 3 aromatic rings. The third kappa shape index (κ3) is 4.30. The van der Waals surface area contributed by atoms with E-state index in [1.54, 1.807) is 30.9 Å². The van der Waals surface area contributed by atoms with Crippen molar-refractivity contribution < 1.29 is 52.1 Å². The van der Waals surface area contributed by atoms with Gasteiger partial charge < -0.3 is 20.2 Å². The van der Waals surface area contributed by atoms with E-state index in [-0.39, 0.29) is 57.5 Å². The Bertz CT molecular complexity index is 1270. The summed E-state index contributed by atoms with van der Waals surface area (Å²) in [4.78, 5) is 29.4. The van der Waals surface area contributed by atoms with E-state index in [1.807, 2.05) is 4.57 Å². The molecule has 0 unspecified atom stereocenters. The van der Waals surface area contributed by atoms with Crippen molar-refractivity contribution in [3.05, 3.63) is 71.3 Å². The van der Waals surface area contributed by atoms with E-state index in [9.17, 15) is 22.6 Å². The number of hydrogen-bond acceptors (Lipinski definition) is 8. The predicted octanol–water partition coefficient (Wildman–Crippen LogP) is -1.35. The third-order valence-electron chi connectivity index (χ3n) is 4.94. The van der Waals surface area contributed by atoms with Crippen LogP contribution in [-0.2, 0) is 16.7 Å². The Balaban J connectivity index is 0.00000272. The van der Waals surface area contributed by atoms with Crippen LogP contribution >= 0.6 is 0 Å². The molecule has 0 spiro atoms. The maximum Gasteiger partial charge on any atom is 1.00 e. The quantitative estimate of drug-likeness (QED) is 0.159. The van der Waals surface area contributed by atoms with Crippen molar-refractivity contribution in [1.29, 1.82) is 0 Å². The van der Waals surface area contributed by atoms with E-state index >= 15 is 0 Å². The second-order valence-electron chi connectivity index (χ2n) is 6.82. The van der Waals surface area contributed by atoms with Crippen molar-refractivity contribution in [3.8, 4) is 0 Å². The molecule has 9 nitrogen and oxygen atoms in total. The Morgan fingerprint density at radius 2 is 1.74 bits per heavy atom. The summed E-state index contributed by atoms with van der Waals surface area (Å²) >= 11 is 0. The van der Waals surface area contributed by atoms with E-state index in [1.165, 1.54) is 12.1 Å². The molecular weight excluding hydrogens is 431 g/mol. The minimum Gasteiger partial charge on any atom is -0.744 e. The molecule has 0 bridgehead atoms. The number of ketones is 2. The summed E-state index contributed by atoms with van der Waals surface area (Å²) in [6, 6.07) is 7.25. The van der Waals surface area contributed by atoms with Gasteiger partial charge >= 0.3 is 29.6 Å². The molecule has 1 aliphatic rings. The van der Waals surface area contributed by atoms with Gasteiger partial charge in [-0.15, -0.1) is 0 Å². The summed E-state index contributed by atoms with van der Waals surface area (Å²) in [5.74, 6) is -1.05. The number of carbonyl (C=O) groups excluding carboxylic acids is 2. The van der Waals surface area contributed by atoms with E-state index in [2.05, 4.69) is 10.3 Å². The molecule has 0 atom stereocenters. The molecule has 0 fully saturated rings. The van der Waals surface area contributed by atoms with Gasteiger partial charge in [-0.05, 0) is 12.5 Å². The second-order valence-corrected chi connectivity index (χ2v) is 8.17. The Kier molecular flexibility index (Phi) is 6.68. The van der Waals surface area contributed by atoms with Crippen molar-refractivity contribution >= 4 is 33.1 Å². The minimum atomic E-state index is -4.96. The number of rotatable bonds is 6. The monoisotopic (exact) mass is 448 g/mol. The van der Waals surface area contributed by atoms with Gasteiger partial charge in [0.25, 0.3) is 0 Å². The summed E-state index contributed by atoms with van der Waals surface area (Å²) in [7, 11) is -4.96. The number of aryl methyl sites for hydroxylation is 1. The molecule has 1 heterocycles. The summed E-state index contributed by atoms with van der Waals surface area (Å²) in [6.07, 6.45) is 5.73. The smallest absolute Gasteiger partial charge is 0.744 e. The van der Waals surface area contributed by atoms with E-state index in [4.69, 9.17) is 5.73 Å². The van der Waals surface area contributed by atoms with Gasteiger partial charge in [0, 0.05) is 42.3 Å². The standard InChI is InChI=1S/C20H18N4O5S.Na/c21-18-15(30(27,28)29)10-14(23-6-3-8-24-9-7-22-11-24)16-17(18)20(26)13-5-2-1-4-12(13)19(16)25;/h1-2,4-5,7,9-11,23H,3,6,8,21H2,(H,27,28,29);/q;+1/p-1. The fourth-order valence-electron chi connectivity index (χ4n) is 3.54. The van der Waals surface area contributed by atoms with Crippen LogP contribution in [0.1, 0.15) is 38.3 Å². The first kappa shape index (κ1) is 23.2. The van der Waals surface area contributed by atoms with Crippen LogP contribution in [0.2, 0.25) is 0 Å². The van der Waals surface area contributed by atoms with Crippen LogP contribution < -0.4 is 40.6 Å². The molecule has 0 radical (unpaired) electrons. The number of carbonyl (C=O) groups is 2. The van der Waals surface area contributed by atoms with Crippen LogP contribution in [-0.4, -0.2) is 40.6 Å². The molecule has 0 saturated carbocycles. The summed E-state index contributed by atoms with van der Waals surface area (Å²) in [5.41, 5.74) is 5.53. The molecule has 154 valence electrons. The number of fused-ring (bicyclic) bond motifs is 2. The zero-order chi connectivity index (χ0) is 21.5. The number of nitrogens with two attached hydrogens (primary N) is 1. The van der Waals surface area contributed by atoms with Crippen LogP contribution in [0, 0.1) is 0 Å². The Morgan fingerprint density at radius 3 is 2.32 bits per heavy atom. The van der Waals surface area contributed by atoms with Gasteiger partial charge in [0.15, 0.2) is 11.6 Å². The maximum atomic E-state index is 13.1. The fraction of sp³-hybridized carbons (Fsp3) is 0.150. The molecule has 11 heteroatoms. The normalized spacial score (nSPS) is 12.7. The van der Waals surface area contributed by atoms with E-state index in [0.29, 0.717) is 19.5 Å². The zero-order valence-electron chi connectivity index (χ0n) is 16.7. The molecule has 4 rings (SSSR count). The Morgan fingerprint density at radius 1 is 1.10 bits per heavy atom. The van der Waals surface area contributed by atoms with Gasteiger partial charge in [0.1, 0.15) is 10.1 Å². The number of nitrogens with one attached hydrogen (secondary N) is 1. The number of nitrogens with zero attached hydrogens (tertiary/aromatic N) is 2. The van der Waals surface area contributed by atoms with Gasteiger partial charge in [-0.3, -0.25) is 9.59 Å². The first-order valence-corrected chi connectivity index (χ1v) is 10.5. The van der Waals surface area contributed by atoms with E-state index in [0.717, 1.165) is 6.07 Å². The number of benzene rings is 2. The summed E-state index contributed by atoms with van der Waals surface area (Å²) in [6.45, 7) is 0.989. The number of nitrogen functional groups attached to an aromatic ring is 1. The number of anilines is 2. The largest absolute Gasteiger partial charge is 1.00 e. The van der Waals surface area contributed by atoms with Gasteiger partial charge in [0.05, 0.1) is 28.0 Å². The minimum absolute atomic E-state index is 0. The second kappa shape index (κ2) is 8.93. The molecular formula is C20H17N4NaO5S. The summed E-state index contributed by atoms with van der Waals surface area (Å²) in [5, 5.41) is 2.99. The Hall–Kier alpha value is -2.50. The molecule has 31 heavy (non-hydrogen) atoms. The van der Waals surface area contributed by atoms with Crippen LogP contribution in [0.4, 0.5) is 11.4 Å². The Labute approximate surface area is 200 Å². The molecule has 0 saturated heterocycles. The van der Waals surface area contributed by atoms with Crippen LogP contribution in [0.15, 0.2) is 53.9 Å². The average Bonchev–Trinajstić information content (AvgIpc) is 3.22. The van der Waals surface area contributed by atoms with E-state index < -0.39 is 32.3 Å². The van der Waals surface area contributed by atoms with Gasteiger partial charge in [-0.2, -0.15) is 0 Å². The molecule has 0 aliphatic heterocycles. The van der Waals surface area contributed by atoms with Crippen LogP contribution in [0.5, 0.6) is 0 Å². The molecule has 3 N–H and O–H groups in total.